The highest BCUT2D eigenvalue weighted by atomic mass is 19.4. The Bertz CT molecular complexity index is 452. The number of alkyl halides is 3. The van der Waals surface area contributed by atoms with Crippen molar-refractivity contribution in [2.24, 2.45) is 0 Å². The number of hydrogen-bond acceptors (Lipinski definition) is 1. The number of carboxylic acids is 1. The zero-order chi connectivity index (χ0) is 12.2. The van der Waals surface area contributed by atoms with E-state index in [0.29, 0.717) is 0 Å². The summed E-state index contributed by atoms with van der Waals surface area (Å²) in [6, 6.07) is 4.79. The van der Waals surface area contributed by atoms with E-state index in [1.54, 1.807) is 0 Å². The summed E-state index contributed by atoms with van der Waals surface area (Å²) in [5.74, 6) is 3.19. The highest BCUT2D eigenvalue weighted by molar-refractivity contribution is 5.70. The van der Waals surface area contributed by atoms with E-state index >= 15 is 0 Å². The first-order chi connectivity index (χ1) is 7.41. The van der Waals surface area contributed by atoms with Gasteiger partial charge in [-0.3, -0.25) is 4.79 Å². The third-order valence-electron chi connectivity index (χ3n) is 1.70. The van der Waals surface area contributed by atoms with Crippen LogP contribution in [-0.2, 0) is 11.0 Å². The van der Waals surface area contributed by atoms with Gasteiger partial charge in [0.1, 0.15) is 6.42 Å². The van der Waals surface area contributed by atoms with Crippen LogP contribution in [0, 0.1) is 11.8 Å². The Hall–Kier alpha value is -1.96. The predicted molar refractivity (Wildman–Crippen MR) is 50.6 cm³/mol. The molecule has 1 rings (SSSR count). The lowest BCUT2D eigenvalue weighted by molar-refractivity contribution is -0.138. The molecule has 0 aliphatic rings. The molecule has 0 saturated heterocycles. The summed E-state index contributed by atoms with van der Waals surface area (Å²) in [5, 5.41) is 8.30. The first-order valence-corrected chi connectivity index (χ1v) is 4.28. The molecule has 1 aromatic rings. The summed E-state index contributed by atoms with van der Waals surface area (Å²) in [5.41, 5.74) is -1.07. The maximum atomic E-state index is 12.5. The molecular weight excluding hydrogens is 221 g/mol. The van der Waals surface area contributed by atoms with Crippen LogP contribution < -0.4 is 0 Å². The van der Waals surface area contributed by atoms with Crippen molar-refractivity contribution in [1.82, 2.24) is 0 Å². The van der Waals surface area contributed by atoms with E-state index in [2.05, 4.69) is 11.8 Å². The van der Waals surface area contributed by atoms with Gasteiger partial charge < -0.3 is 5.11 Å². The van der Waals surface area contributed by atoms with Crippen LogP contribution in [0.2, 0.25) is 0 Å². The first-order valence-electron chi connectivity index (χ1n) is 4.28. The molecule has 0 unspecified atom stereocenters. The zero-order valence-corrected chi connectivity index (χ0v) is 8.01. The Morgan fingerprint density at radius 3 is 2.50 bits per heavy atom. The average molecular weight is 228 g/mol. The van der Waals surface area contributed by atoms with Crippen LogP contribution in [0.5, 0.6) is 0 Å². The van der Waals surface area contributed by atoms with Gasteiger partial charge in [-0.1, -0.05) is 24.0 Å². The van der Waals surface area contributed by atoms with E-state index < -0.39 is 24.1 Å². The molecular formula is C11H7F3O2. The van der Waals surface area contributed by atoms with Crippen LogP contribution in [0.3, 0.4) is 0 Å². The number of carbonyl (C=O) groups is 1. The Morgan fingerprint density at radius 2 is 1.94 bits per heavy atom. The van der Waals surface area contributed by atoms with Crippen molar-refractivity contribution < 1.29 is 23.1 Å². The fourth-order valence-corrected chi connectivity index (χ4v) is 1.05. The molecule has 0 heterocycles. The van der Waals surface area contributed by atoms with E-state index in [9.17, 15) is 18.0 Å². The van der Waals surface area contributed by atoms with Gasteiger partial charge in [0.05, 0.1) is 5.56 Å². The van der Waals surface area contributed by atoms with Crippen LogP contribution in [0.1, 0.15) is 17.5 Å². The zero-order valence-electron chi connectivity index (χ0n) is 8.01. The minimum atomic E-state index is -4.48. The molecule has 84 valence electrons. The average Bonchev–Trinajstić information content (AvgIpc) is 2.16. The summed E-state index contributed by atoms with van der Waals surface area (Å²) in [6.45, 7) is 0. The van der Waals surface area contributed by atoms with Gasteiger partial charge in [-0.2, -0.15) is 13.2 Å². The number of carboxylic acid groups (broad SMARTS) is 1. The molecule has 0 radical (unpaired) electrons. The second-order valence-electron chi connectivity index (χ2n) is 2.92. The molecule has 0 spiro atoms. The van der Waals surface area contributed by atoms with Crippen molar-refractivity contribution in [2.75, 3.05) is 0 Å². The van der Waals surface area contributed by atoms with Crippen LogP contribution in [-0.4, -0.2) is 11.1 Å². The van der Waals surface area contributed by atoms with Crippen molar-refractivity contribution in [2.45, 2.75) is 12.6 Å². The largest absolute Gasteiger partial charge is 0.481 e. The van der Waals surface area contributed by atoms with Crippen molar-refractivity contribution in [3.63, 3.8) is 0 Å². The molecule has 0 aliphatic carbocycles. The van der Waals surface area contributed by atoms with Crippen LogP contribution in [0.25, 0.3) is 0 Å². The summed E-state index contributed by atoms with van der Waals surface area (Å²) < 4.78 is 37.4. The summed E-state index contributed by atoms with van der Waals surface area (Å²) in [4.78, 5) is 10.1. The molecule has 1 aromatic carbocycles. The smallest absolute Gasteiger partial charge is 0.417 e. The third-order valence-corrected chi connectivity index (χ3v) is 1.70. The fourth-order valence-electron chi connectivity index (χ4n) is 1.05. The van der Waals surface area contributed by atoms with Gasteiger partial charge in [0.2, 0.25) is 0 Å². The Balaban J connectivity index is 3.03. The lowest BCUT2D eigenvalue weighted by Gasteiger charge is -2.07. The van der Waals surface area contributed by atoms with E-state index in [-0.39, 0.29) is 5.56 Å². The Morgan fingerprint density at radius 1 is 1.31 bits per heavy atom. The molecule has 1 N–H and O–H groups in total. The van der Waals surface area contributed by atoms with Gasteiger partial charge in [-0.25, -0.2) is 0 Å². The number of aliphatic carboxylic acids is 1. The summed E-state index contributed by atoms with van der Waals surface area (Å²) >= 11 is 0. The first kappa shape index (κ1) is 12.1. The SMILES string of the molecule is O=C(O)CC#Cc1ccccc1C(F)(F)F. The monoisotopic (exact) mass is 228 g/mol. The van der Waals surface area contributed by atoms with Gasteiger partial charge in [0.25, 0.3) is 0 Å². The summed E-state index contributed by atoms with van der Waals surface area (Å²) in [6.07, 6.45) is -4.96. The van der Waals surface area contributed by atoms with Crippen molar-refractivity contribution in [1.29, 1.82) is 0 Å². The second kappa shape index (κ2) is 4.71. The van der Waals surface area contributed by atoms with Crippen molar-refractivity contribution >= 4 is 5.97 Å². The lowest BCUT2D eigenvalue weighted by Crippen LogP contribution is -2.07. The van der Waals surface area contributed by atoms with Gasteiger partial charge in [-0.15, -0.1) is 0 Å². The molecule has 0 saturated carbocycles. The minimum absolute atomic E-state index is 0.212. The number of benzene rings is 1. The lowest BCUT2D eigenvalue weighted by atomic mass is 10.1. The highest BCUT2D eigenvalue weighted by Crippen LogP contribution is 2.31. The molecule has 0 aromatic heterocycles. The Kier molecular flexibility index (Phi) is 3.56. The Labute approximate surface area is 89.7 Å². The molecule has 2 nitrogen and oxygen atoms in total. The minimum Gasteiger partial charge on any atom is -0.481 e. The fraction of sp³-hybridized carbons (Fsp3) is 0.182. The standard InChI is InChI=1S/C11H7F3O2/c12-11(13,14)9-6-2-1-4-8(9)5-3-7-10(15)16/h1-2,4,6H,7H2,(H,15,16). The molecule has 0 fully saturated rings. The molecule has 0 bridgehead atoms. The number of rotatable bonds is 1. The van der Waals surface area contributed by atoms with E-state index in [0.717, 1.165) is 6.07 Å². The van der Waals surface area contributed by atoms with Gasteiger partial charge in [0, 0.05) is 5.56 Å². The van der Waals surface area contributed by atoms with E-state index in [1.165, 1.54) is 18.2 Å². The van der Waals surface area contributed by atoms with Gasteiger partial charge in [0.15, 0.2) is 0 Å². The predicted octanol–water partition coefficient (Wildman–Crippen LogP) is 2.53. The molecule has 0 aliphatic heterocycles. The molecule has 16 heavy (non-hydrogen) atoms. The van der Waals surface area contributed by atoms with E-state index in [4.69, 9.17) is 5.11 Å². The van der Waals surface area contributed by atoms with Gasteiger partial charge >= 0.3 is 12.1 Å². The normalized spacial score (nSPS) is 10.4. The quantitative estimate of drug-likeness (QED) is 0.750. The van der Waals surface area contributed by atoms with Crippen LogP contribution in [0.4, 0.5) is 13.2 Å². The topological polar surface area (TPSA) is 37.3 Å². The molecule has 0 amide bonds. The maximum Gasteiger partial charge on any atom is 0.417 e. The van der Waals surface area contributed by atoms with E-state index in [1.807, 2.05) is 0 Å². The van der Waals surface area contributed by atoms with Crippen LogP contribution >= 0.6 is 0 Å². The maximum absolute atomic E-state index is 12.5. The van der Waals surface area contributed by atoms with Crippen molar-refractivity contribution in [3.05, 3.63) is 35.4 Å². The number of hydrogen-bond donors (Lipinski definition) is 1. The summed E-state index contributed by atoms with van der Waals surface area (Å²) in [7, 11) is 0. The highest BCUT2D eigenvalue weighted by Gasteiger charge is 2.32. The molecule has 0 atom stereocenters. The third kappa shape index (κ3) is 3.31. The van der Waals surface area contributed by atoms with Gasteiger partial charge in [-0.05, 0) is 12.1 Å². The van der Waals surface area contributed by atoms with Crippen molar-refractivity contribution in [3.8, 4) is 11.8 Å². The second-order valence-corrected chi connectivity index (χ2v) is 2.92. The van der Waals surface area contributed by atoms with Crippen LogP contribution in [0.15, 0.2) is 24.3 Å². The number of halogens is 3. The molecule has 5 heteroatoms.